The van der Waals surface area contributed by atoms with Gasteiger partial charge in [-0.25, -0.2) is 4.79 Å². The number of rotatable bonds is 5. The Labute approximate surface area is 193 Å². The first-order valence-electron chi connectivity index (χ1n) is 10.4. The third-order valence-corrected chi connectivity index (χ3v) is 6.91. The molecule has 1 unspecified atom stereocenters. The zero-order valence-corrected chi connectivity index (χ0v) is 18.8. The lowest BCUT2D eigenvalue weighted by molar-refractivity contribution is -0.132. The summed E-state index contributed by atoms with van der Waals surface area (Å²) in [6, 6.07) is 19.9. The molecule has 1 aliphatic heterocycles. The van der Waals surface area contributed by atoms with Gasteiger partial charge >= 0.3 is 6.03 Å². The predicted molar refractivity (Wildman–Crippen MR) is 125 cm³/mol. The number of fused-ring (bicyclic) bond motifs is 1. The van der Waals surface area contributed by atoms with Gasteiger partial charge in [0.15, 0.2) is 0 Å². The summed E-state index contributed by atoms with van der Waals surface area (Å²) in [7, 11) is 0. The van der Waals surface area contributed by atoms with E-state index in [1.807, 2.05) is 48.0 Å². The molecule has 1 fully saturated rings. The first kappa shape index (κ1) is 20.9. The smallest absolute Gasteiger partial charge is 0.318 e. The van der Waals surface area contributed by atoms with Crippen molar-refractivity contribution < 1.29 is 14.4 Å². The highest BCUT2D eigenvalue weighted by Crippen LogP contribution is 2.30. The molecule has 166 valence electrons. The van der Waals surface area contributed by atoms with Crippen LogP contribution in [0.3, 0.4) is 0 Å². The summed E-state index contributed by atoms with van der Waals surface area (Å²) in [5, 5.41) is 8.90. The minimum absolute atomic E-state index is 0.390. The lowest BCUT2D eigenvalue weighted by Gasteiger charge is -2.21. The molecular weight excluding hydrogens is 438 g/mol. The van der Waals surface area contributed by atoms with Gasteiger partial charge in [0.05, 0.1) is 17.1 Å². The molecular formula is C24H21N5O3S. The number of hydrogen-bond acceptors (Lipinski definition) is 5. The number of carbonyl (C=O) groups excluding carboxylic acids is 3. The van der Waals surface area contributed by atoms with Crippen molar-refractivity contribution in [3.8, 4) is 0 Å². The summed E-state index contributed by atoms with van der Waals surface area (Å²) in [5.41, 5.74) is 3.76. The van der Waals surface area contributed by atoms with Crippen molar-refractivity contribution >= 4 is 39.4 Å². The van der Waals surface area contributed by atoms with Gasteiger partial charge in [-0.05, 0) is 31.0 Å². The second-order valence-corrected chi connectivity index (χ2v) is 9.09. The van der Waals surface area contributed by atoms with E-state index < -0.39 is 23.4 Å². The Hall–Kier alpha value is -3.98. The maximum absolute atomic E-state index is 13.1. The second-order valence-electron chi connectivity index (χ2n) is 8.06. The summed E-state index contributed by atoms with van der Waals surface area (Å²) in [6.45, 7) is 4.09. The van der Waals surface area contributed by atoms with Crippen molar-refractivity contribution in [1.82, 2.24) is 25.5 Å². The van der Waals surface area contributed by atoms with Gasteiger partial charge in [-0.3, -0.25) is 19.7 Å². The zero-order chi connectivity index (χ0) is 23.2. The van der Waals surface area contributed by atoms with Crippen LogP contribution in [0.25, 0.3) is 10.2 Å². The van der Waals surface area contributed by atoms with Crippen LogP contribution >= 0.6 is 11.3 Å². The molecule has 0 aliphatic carbocycles. The zero-order valence-electron chi connectivity index (χ0n) is 18.0. The number of carbonyl (C=O) groups is 3. The average molecular weight is 460 g/mol. The molecule has 1 atom stereocenters. The molecule has 8 nitrogen and oxygen atoms in total. The normalized spacial score (nSPS) is 18.1. The van der Waals surface area contributed by atoms with Gasteiger partial charge in [0.1, 0.15) is 10.4 Å². The van der Waals surface area contributed by atoms with E-state index in [9.17, 15) is 14.4 Å². The summed E-state index contributed by atoms with van der Waals surface area (Å²) >= 11 is 1.27. The molecule has 0 spiro atoms. The molecule has 0 saturated carbocycles. The molecule has 0 bridgehead atoms. The fraction of sp³-hybridized carbons (Fsp3) is 0.167. The van der Waals surface area contributed by atoms with E-state index in [0.29, 0.717) is 17.0 Å². The van der Waals surface area contributed by atoms with Crippen LogP contribution < -0.4 is 10.7 Å². The number of hydrogen-bond donors (Lipinski definition) is 2. The monoisotopic (exact) mass is 459 g/mol. The first-order chi connectivity index (χ1) is 15.9. The highest BCUT2D eigenvalue weighted by atomic mass is 32.1. The standard InChI is InChI=1S/C24H21N5O3S/c1-15-18-13-19(33-21(18)28(26-15)14-16-9-5-3-6-10-16)20(30)27-29-22(31)24(2,25-23(29)32)17-11-7-4-8-12-17/h3-13H,14H2,1-2H3,(H,25,32)(H,27,30). The van der Waals surface area contributed by atoms with Gasteiger partial charge in [0.25, 0.3) is 11.8 Å². The summed E-state index contributed by atoms with van der Waals surface area (Å²) in [6.07, 6.45) is 0. The highest BCUT2D eigenvalue weighted by molar-refractivity contribution is 7.20. The number of amides is 4. The van der Waals surface area contributed by atoms with Crippen LogP contribution in [0.15, 0.2) is 66.7 Å². The number of nitrogens with zero attached hydrogens (tertiary/aromatic N) is 3. The van der Waals surface area contributed by atoms with Crippen molar-refractivity contribution in [2.45, 2.75) is 25.9 Å². The van der Waals surface area contributed by atoms with Crippen molar-refractivity contribution in [3.05, 3.63) is 88.4 Å². The maximum atomic E-state index is 13.1. The quantitative estimate of drug-likeness (QED) is 0.446. The van der Waals surface area contributed by atoms with E-state index in [4.69, 9.17) is 0 Å². The fourth-order valence-corrected chi connectivity index (χ4v) is 5.00. The molecule has 33 heavy (non-hydrogen) atoms. The van der Waals surface area contributed by atoms with E-state index in [2.05, 4.69) is 15.8 Å². The maximum Gasteiger partial charge on any atom is 0.344 e. The van der Waals surface area contributed by atoms with Crippen molar-refractivity contribution in [2.75, 3.05) is 0 Å². The molecule has 4 aromatic rings. The number of benzene rings is 2. The lowest BCUT2D eigenvalue weighted by Crippen LogP contribution is -2.47. The van der Waals surface area contributed by atoms with Crippen molar-refractivity contribution in [1.29, 1.82) is 0 Å². The van der Waals surface area contributed by atoms with Gasteiger partial charge in [0, 0.05) is 5.39 Å². The van der Waals surface area contributed by atoms with Gasteiger partial charge in [-0.2, -0.15) is 10.1 Å². The van der Waals surface area contributed by atoms with Gasteiger partial charge < -0.3 is 5.32 Å². The third-order valence-electron chi connectivity index (χ3n) is 5.76. The number of urea groups is 1. The number of aryl methyl sites for hydroxylation is 1. The van der Waals surface area contributed by atoms with Crippen LogP contribution in [-0.4, -0.2) is 32.6 Å². The van der Waals surface area contributed by atoms with E-state index >= 15 is 0 Å². The average Bonchev–Trinajstić information content (AvgIpc) is 3.45. The Kier molecular flexibility index (Phi) is 4.98. The van der Waals surface area contributed by atoms with Crippen LogP contribution in [0.2, 0.25) is 0 Å². The molecule has 9 heteroatoms. The summed E-state index contributed by atoms with van der Waals surface area (Å²) in [5.74, 6) is -1.07. The van der Waals surface area contributed by atoms with Crippen LogP contribution in [0.1, 0.15) is 33.4 Å². The van der Waals surface area contributed by atoms with Crippen molar-refractivity contribution in [3.63, 3.8) is 0 Å². The highest BCUT2D eigenvalue weighted by Gasteiger charge is 2.50. The Balaban J connectivity index is 1.39. The van der Waals surface area contributed by atoms with Gasteiger partial charge in [0.2, 0.25) is 0 Å². The van der Waals surface area contributed by atoms with Gasteiger partial charge in [-0.1, -0.05) is 60.7 Å². The van der Waals surface area contributed by atoms with E-state index in [0.717, 1.165) is 26.5 Å². The van der Waals surface area contributed by atoms with E-state index in [1.165, 1.54) is 11.3 Å². The molecule has 3 heterocycles. The Morgan fingerprint density at radius 3 is 2.45 bits per heavy atom. The fourth-order valence-electron chi connectivity index (χ4n) is 3.95. The summed E-state index contributed by atoms with van der Waals surface area (Å²) < 4.78 is 1.86. The minimum Gasteiger partial charge on any atom is -0.318 e. The molecule has 1 saturated heterocycles. The first-order valence-corrected chi connectivity index (χ1v) is 11.2. The van der Waals surface area contributed by atoms with Crippen molar-refractivity contribution in [2.24, 2.45) is 0 Å². The molecule has 2 aromatic heterocycles. The number of imide groups is 1. The van der Waals surface area contributed by atoms with Gasteiger partial charge in [-0.15, -0.1) is 11.3 Å². The van der Waals surface area contributed by atoms with E-state index in [1.54, 1.807) is 37.3 Å². The Bertz CT molecular complexity index is 1380. The minimum atomic E-state index is -1.25. The van der Waals surface area contributed by atoms with E-state index in [-0.39, 0.29) is 0 Å². The Morgan fingerprint density at radius 2 is 1.76 bits per heavy atom. The molecule has 0 radical (unpaired) electrons. The molecule has 2 aromatic carbocycles. The molecule has 2 N–H and O–H groups in total. The number of nitrogens with one attached hydrogen (secondary N) is 2. The number of thiophene rings is 1. The molecule has 4 amide bonds. The van der Waals surface area contributed by atoms with Crippen LogP contribution in [0, 0.1) is 6.92 Å². The number of aromatic nitrogens is 2. The molecule has 1 aliphatic rings. The van der Waals surface area contributed by atoms with Crippen LogP contribution in [-0.2, 0) is 16.9 Å². The summed E-state index contributed by atoms with van der Waals surface area (Å²) in [4.78, 5) is 39.8. The molecule has 5 rings (SSSR count). The predicted octanol–water partition coefficient (Wildman–Crippen LogP) is 3.57. The lowest BCUT2D eigenvalue weighted by atomic mass is 9.92. The topological polar surface area (TPSA) is 96.3 Å². The number of hydrazine groups is 1. The SMILES string of the molecule is Cc1nn(Cc2ccccc2)c2sc(C(=O)NN3C(=O)NC(C)(c4ccccc4)C3=O)cc12. The third kappa shape index (κ3) is 3.56. The largest absolute Gasteiger partial charge is 0.344 e. The van der Waals surface area contributed by atoms with Crippen LogP contribution in [0.4, 0.5) is 4.79 Å². The Morgan fingerprint density at radius 1 is 1.09 bits per heavy atom. The van der Waals surface area contributed by atoms with Crippen LogP contribution in [0.5, 0.6) is 0 Å². The second kappa shape index (κ2) is 7.86.